The van der Waals surface area contributed by atoms with Crippen LogP contribution in [0.25, 0.3) is 0 Å². The molecular weight excluding hydrogens is 400 g/mol. The SMILES string of the molecule is CCNC(=NCc1ccccc1COc1ccccc1Cl)NCCNC(=O)C1CC1. The maximum absolute atomic E-state index is 11.7. The molecule has 0 bridgehead atoms. The van der Waals surface area contributed by atoms with Crippen LogP contribution in [0.15, 0.2) is 53.5 Å². The molecule has 2 aromatic rings. The number of aliphatic imine (C=N–C) groups is 1. The van der Waals surface area contributed by atoms with Crippen LogP contribution in [0.4, 0.5) is 0 Å². The minimum absolute atomic E-state index is 0.159. The van der Waals surface area contributed by atoms with Gasteiger partial charge in [0.05, 0.1) is 11.6 Å². The van der Waals surface area contributed by atoms with Gasteiger partial charge in [-0.25, -0.2) is 4.99 Å². The molecule has 0 aromatic heterocycles. The molecule has 0 spiro atoms. The number of hydrogen-bond acceptors (Lipinski definition) is 3. The lowest BCUT2D eigenvalue weighted by atomic mass is 10.1. The number of ether oxygens (including phenoxy) is 1. The highest BCUT2D eigenvalue weighted by Gasteiger charge is 2.28. The molecule has 3 rings (SSSR count). The van der Waals surface area contributed by atoms with Crippen molar-refractivity contribution in [3.05, 3.63) is 64.7 Å². The number of guanidine groups is 1. The molecule has 7 heteroatoms. The average Bonchev–Trinajstić information content (AvgIpc) is 3.60. The summed E-state index contributed by atoms with van der Waals surface area (Å²) in [6, 6.07) is 15.5. The van der Waals surface area contributed by atoms with Crippen molar-refractivity contribution in [3.63, 3.8) is 0 Å². The van der Waals surface area contributed by atoms with Crippen LogP contribution in [0.1, 0.15) is 30.9 Å². The van der Waals surface area contributed by atoms with E-state index in [-0.39, 0.29) is 11.8 Å². The third-order valence-corrected chi connectivity index (χ3v) is 5.07. The molecule has 0 radical (unpaired) electrons. The Bertz CT molecular complexity index is 868. The quantitative estimate of drug-likeness (QED) is 0.307. The molecule has 0 saturated heterocycles. The fourth-order valence-corrected chi connectivity index (χ4v) is 3.12. The van der Waals surface area contributed by atoms with Crippen LogP contribution in [-0.4, -0.2) is 31.5 Å². The van der Waals surface area contributed by atoms with Crippen molar-refractivity contribution in [2.75, 3.05) is 19.6 Å². The fraction of sp³-hybridized carbons (Fsp3) is 0.391. The van der Waals surface area contributed by atoms with Crippen molar-refractivity contribution in [1.82, 2.24) is 16.0 Å². The Morgan fingerprint density at radius 1 is 1.03 bits per heavy atom. The molecule has 3 N–H and O–H groups in total. The van der Waals surface area contributed by atoms with Gasteiger partial charge in [0.25, 0.3) is 0 Å². The Kier molecular flexibility index (Phi) is 8.39. The van der Waals surface area contributed by atoms with E-state index in [1.165, 1.54) is 0 Å². The topological polar surface area (TPSA) is 74.8 Å². The van der Waals surface area contributed by atoms with Gasteiger partial charge in [-0.15, -0.1) is 0 Å². The van der Waals surface area contributed by atoms with E-state index in [0.717, 1.165) is 36.5 Å². The Balaban J connectivity index is 1.54. The maximum atomic E-state index is 11.7. The molecule has 2 aromatic carbocycles. The number of nitrogens with zero attached hydrogens (tertiary/aromatic N) is 1. The highest BCUT2D eigenvalue weighted by Crippen LogP contribution is 2.28. The number of rotatable bonds is 10. The van der Waals surface area contributed by atoms with E-state index in [4.69, 9.17) is 16.3 Å². The minimum Gasteiger partial charge on any atom is -0.487 e. The number of amides is 1. The van der Waals surface area contributed by atoms with E-state index >= 15 is 0 Å². The van der Waals surface area contributed by atoms with Gasteiger partial charge in [0.1, 0.15) is 12.4 Å². The lowest BCUT2D eigenvalue weighted by Gasteiger charge is -2.13. The Morgan fingerprint density at radius 2 is 1.73 bits per heavy atom. The molecule has 1 fully saturated rings. The van der Waals surface area contributed by atoms with E-state index < -0.39 is 0 Å². The summed E-state index contributed by atoms with van der Waals surface area (Å²) in [5, 5.41) is 10.1. The van der Waals surface area contributed by atoms with Gasteiger partial charge in [-0.1, -0.05) is 48.0 Å². The fourth-order valence-electron chi connectivity index (χ4n) is 2.93. The summed E-state index contributed by atoms with van der Waals surface area (Å²) in [4.78, 5) is 16.4. The van der Waals surface area contributed by atoms with Crippen molar-refractivity contribution in [2.45, 2.75) is 32.9 Å². The van der Waals surface area contributed by atoms with Crippen LogP contribution in [0.5, 0.6) is 5.75 Å². The molecule has 0 atom stereocenters. The molecule has 0 heterocycles. The van der Waals surface area contributed by atoms with E-state index in [9.17, 15) is 4.79 Å². The molecule has 1 aliphatic rings. The maximum Gasteiger partial charge on any atom is 0.223 e. The van der Waals surface area contributed by atoms with Crippen LogP contribution in [0, 0.1) is 5.92 Å². The smallest absolute Gasteiger partial charge is 0.223 e. The third-order valence-electron chi connectivity index (χ3n) is 4.75. The standard InChI is InChI=1S/C23H29ClN4O2/c1-2-25-23(27-14-13-26-22(29)17-11-12-17)28-15-18-7-3-4-8-19(18)16-30-21-10-6-5-9-20(21)24/h3-10,17H,2,11-16H2,1H3,(H,26,29)(H2,25,27,28). The largest absolute Gasteiger partial charge is 0.487 e. The van der Waals surface area contributed by atoms with Gasteiger partial charge in [0.2, 0.25) is 5.91 Å². The zero-order valence-corrected chi connectivity index (χ0v) is 18.0. The first-order valence-corrected chi connectivity index (χ1v) is 10.8. The predicted molar refractivity (Wildman–Crippen MR) is 121 cm³/mol. The van der Waals surface area contributed by atoms with E-state index in [2.05, 4.69) is 20.9 Å². The van der Waals surface area contributed by atoms with E-state index in [0.29, 0.717) is 37.0 Å². The highest BCUT2D eigenvalue weighted by molar-refractivity contribution is 6.32. The van der Waals surface area contributed by atoms with Gasteiger partial charge in [0.15, 0.2) is 5.96 Å². The van der Waals surface area contributed by atoms with Gasteiger partial charge < -0.3 is 20.7 Å². The molecule has 6 nitrogen and oxygen atoms in total. The second-order valence-corrected chi connectivity index (χ2v) is 7.58. The van der Waals surface area contributed by atoms with Crippen molar-refractivity contribution < 1.29 is 9.53 Å². The van der Waals surface area contributed by atoms with Gasteiger partial charge in [0, 0.05) is 25.6 Å². The monoisotopic (exact) mass is 428 g/mol. The number of carbonyl (C=O) groups is 1. The predicted octanol–water partition coefficient (Wildman–Crippen LogP) is 3.50. The lowest BCUT2D eigenvalue weighted by Crippen LogP contribution is -2.41. The van der Waals surface area contributed by atoms with Gasteiger partial charge >= 0.3 is 0 Å². The second kappa shape index (κ2) is 11.5. The molecule has 1 amide bonds. The van der Waals surface area contributed by atoms with E-state index in [1.807, 2.05) is 55.5 Å². The van der Waals surface area contributed by atoms with Crippen LogP contribution in [0.3, 0.4) is 0 Å². The van der Waals surface area contributed by atoms with Crippen LogP contribution in [0.2, 0.25) is 5.02 Å². The molecule has 160 valence electrons. The first kappa shape index (κ1) is 22.0. The summed E-state index contributed by atoms with van der Waals surface area (Å²) in [5.74, 6) is 1.78. The summed E-state index contributed by atoms with van der Waals surface area (Å²) in [7, 11) is 0. The van der Waals surface area contributed by atoms with Crippen molar-refractivity contribution in [3.8, 4) is 5.75 Å². The zero-order chi connectivity index (χ0) is 21.2. The van der Waals surface area contributed by atoms with E-state index in [1.54, 1.807) is 0 Å². The lowest BCUT2D eigenvalue weighted by molar-refractivity contribution is -0.122. The Morgan fingerprint density at radius 3 is 2.47 bits per heavy atom. The Labute approximate surface area is 183 Å². The number of carbonyl (C=O) groups excluding carboxylic acids is 1. The first-order valence-electron chi connectivity index (χ1n) is 10.4. The van der Waals surface area contributed by atoms with Gasteiger partial charge in [-0.2, -0.15) is 0 Å². The Hall–Kier alpha value is -2.73. The molecule has 1 aliphatic carbocycles. The summed E-state index contributed by atoms with van der Waals surface area (Å²) < 4.78 is 5.89. The average molecular weight is 429 g/mol. The number of halogens is 1. The number of hydrogen-bond donors (Lipinski definition) is 3. The summed E-state index contributed by atoms with van der Waals surface area (Å²) >= 11 is 6.18. The van der Waals surface area contributed by atoms with Gasteiger partial charge in [-0.3, -0.25) is 4.79 Å². The van der Waals surface area contributed by atoms with Crippen LogP contribution in [-0.2, 0) is 17.9 Å². The third kappa shape index (κ3) is 6.95. The summed E-state index contributed by atoms with van der Waals surface area (Å²) in [6.45, 7) is 4.94. The number of benzene rings is 2. The zero-order valence-electron chi connectivity index (χ0n) is 17.3. The molecule has 1 saturated carbocycles. The van der Waals surface area contributed by atoms with Crippen molar-refractivity contribution >= 4 is 23.5 Å². The summed E-state index contributed by atoms with van der Waals surface area (Å²) in [6.07, 6.45) is 2.03. The molecule has 0 aliphatic heterocycles. The number of nitrogens with one attached hydrogen (secondary N) is 3. The van der Waals surface area contributed by atoms with Crippen LogP contribution >= 0.6 is 11.6 Å². The molecular formula is C23H29ClN4O2. The molecule has 30 heavy (non-hydrogen) atoms. The van der Waals surface area contributed by atoms with Crippen molar-refractivity contribution in [2.24, 2.45) is 10.9 Å². The van der Waals surface area contributed by atoms with Gasteiger partial charge in [-0.05, 0) is 43.0 Å². The highest BCUT2D eigenvalue weighted by atomic mass is 35.5. The van der Waals surface area contributed by atoms with Crippen molar-refractivity contribution in [1.29, 1.82) is 0 Å². The second-order valence-electron chi connectivity index (χ2n) is 7.18. The molecule has 0 unspecified atom stereocenters. The normalized spacial score (nSPS) is 13.6. The first-order chi connectivity index (χ1) is 14.7. The summed E-state index contributed by atoms with van der Waals surface area (Å²) in [5.41, 5.74) is 2.15. The van der Waals surface area contributed by atoms with Crippen LogP contribution < -0.4 is 20.7 Å². The minimum atomic E-state index is 0.159. The number of para-hydroxylation sites is 1.